The molecule has 1 atom stereocenters. The first kappa shape index (κ1) is 36.8. The van der Waals surface area contributed by atoms with Crippen LogP contribution >= 0.6 is 0 Å². The molecule has 6 nitrogen and oxygen atoms in total. The molecule has 0 saturated heterocycles. The van der Waals surface area contributed by atoms with Crippen molar-refractivity contribution in [1.82, 2.24) is 19.4 Å². The molecular formula is C57H42N5OSi+. The summed E-state index contributed by atoms with van der Waals surface area (Å²) in [4.78, 5) is 14.5. The van der Waals surface area contributed by atoms with Gasteiger partial charge in [-0.15, -0.1) is 9.97 Å². The Morgan fingerprint density at radius 1 is 0.562 bits per heavy atom. The number of benzene rings is 8. The topological polar surface area (TPSA) is 59.1 Å². The van der Waals surface area contributed by atoms with Gasteiger partial charge in [-0.3, -0.25) is 4.98 Å². The SMILES string of the molecule is CC1(C)c2ccccc2Oc2c1cccc2[Si](C)(c1ccccc1)c1ccc2c(c1)-c1ccccc1-c1cnc(-[n+]3c4ccccc4n4c5ccccc5[nH]c43)nc1-c1ccccc1-2. The van der Waals surface area contributed by atoms with Crippen LogP contribution in [0.4, 0.5) is 0 Å². The molecule has 0 bridgehead atoms. The molecule has 4 heterocycles. The van der Waals surface area contributed by atoms with Gasteiger partial charge in [-0.2, -0.15) is 4.57 Å². The average Bonchev–Trinajstić information content (AvgIpc) is 3.88. The number of hydrogen-bond acceptors (Lipinski definition) is 3. The highest BCUT2D eigenvalue weighted by Crippen LogP contribution is 2.49. The lowest BCUT2D eigenvalue weighted by molar-refractivity contribution is -0.549. The number of aromatic amines is 1. The molecule has 2 aliphatic rings. The van der Waals surface area contributed by atoms with Gasteiger partial charge < -0.3 is 4.74 Å². The first-order chi connectivity index (χ1) is 31.4. The van der Waals surface area contributed by atoms with E-state index < -0.39 is 8.07 Å². The van der Waals surface area contributed by atoms with Crippen LogP contribution in [0.25, 0.3) is 78.4 Å². The van der Waals surface area contributed by atoms with Gasteiger partial charge >= 0.3 is 11.7 Å². The molecular weight excluding hydrogens is 799 g/mol. The normalized spacial score (nSPS) is 14.2. The zero-order chi connectivity index (χ0) is 42.7. The van der Waals surface area contributed by atoms with Crippen molar-refractivity contribution in [3.8, 4) is 62.1 Å². The number of fused-ring (bicyclic) bond motifs is 15. The highest BCUT2D eigenvalue weighted by atomic mass is 28.3. The van der Waals surface area contributed by atoms with Crippen LogP contribution in [0.15, 0.2) is 194 Å². The number of nitrogens with one attached hydrogen (secondary N) is 1. The van der Waals surface area contributed by atoms with Crippen LogP contribution in [-0.4, -0.2) is 27.4 Å². The Balaban J connectivity index is 1.04. The maximum Gasteiger partial charge on any atom is 0.361 e. The van der Waals surface area contributed by atoms with E-state index in [1.165, 1.54) is 37.8 Å². The maximum absolute atomic E-state index is 7.04. The lowest BCUT2D eigenvalue weighted by Gasteiger charge is -2.39. The minimum atomic E-state index is -2.77. The van der Waals surface area contributed by atoms with Gasteiger partial charge in [0.15, 0.2) is 0 Å². The van der Waals surface area contributed by atoms with Crippen LogP contribution in [0, 0.1) is 0 Å². The molecule has 0 saturated carbocycles. The first-order valence-corrected chi connectivity index (χ1v) is 24.5. The van der Waals surface area contributed by atoms with Gasteiger partial charge in [-0.05, 0) is 73.7 Å². The second-order valence-corrected chi connectivity index (χ2v) is 21.7. The van der Waals surface area contributed by atoms with E-state index in [1.807, 2.05) is 6.20 Å². The maximum atomic E-state index is 7.04. The second kappa shape index (κ2) is 13.6. The Morgan fingerprint density at radius 3 is 2.03 bits per heavy atom. The summed E-state index contributed by atoms with van der Waals surface area (Å²) in [7, 11) is -2.77. The molecule has 3 aromatic heterocycles. The molecule has 13 rings (SSSR count). The lowest BCUT2D eigenvalue weighted by atomic mass is 9.76. The third-order valence-electron chi connectivity index (χ3n) is 14.1. The smallest absolute Gasteiger partial charge is 0.361 e. The van der Waals surface area contributed by atoms with E-state index >= 15 is 0 Å². The summed E-state index contributed by atoms with van der Waals surface area (Å²) in [6.07, 6.45) is 2.03. The number of rotatable bonds is 4. The highest BCUT2D eigenvalue weighted by molar-refractivity contribution is 7.11. The summed E-state index contributed by atoms with van der Waals surface area (Å²) in [6.45, 7) is 7.15. The molecule has 0 radical (unpaired) electrons. The summed E-state index contributed by atoms with van der Waals surface area (Å²) >= 11 is 0. The number of aromatic nitrogens is 5. The third kappa shape index (κ3) is 5.10. The van der Waals surface area contributed by atoms with Crippen molar-refractivity contribution in [3.63, 3.8) is 0 Å². The molecule has 1 N–H and O–H groups in total. The fourth-order valence-corrected chi connectivity index (χ4v) is 14.5. The summed E-state index contributed by atoms with van der Waals surface area (Å²) in [6, 6.07) is 68.1. The van der Waals surface area contributed by atoms with Crippen LogP contribution in [0.1, 0.15) is 25.0 Å². The number of hydrogen-bond donors (Lipinski definition) is 1. The van der Waals surface area contributed by atoms with Gasteiger partial charge in [0.25, 0.3) is 0 Å². The van der Waals surface area contributed by atoms with E-state index in [-0.39, 0.29) is 5.41 Å². The van der Waals surface area contributed by atoms with Gasteiger partial charge in [-0.1, -0.05) is 178 Å². The molecule has 0 spiro atoms. The van der Waals surface area contributed by atoms with Gasteiger partial charge in [0, 0.05) is 27.7 Å². The number of ether oxygens (including phenoxy) is 1. The number of H-pyrrole nitrogens is 1. The van der Waals surface area contributed by atoms with Crippen molar-refractivity contribution in [2.24, 2.45) is 0 Å². The Hall–Kier alpha value is -7.87. The van der Waals surface area contributed by atoms with Crippen molar-refractivity contribution in [2.75, 3.05) is 0 Å². The number of nitrogens with zero attached hydrogens (tertiary/aromatic N) is 4. The fourth-order valence-electron chi connectivity index (χ4n) is 10.8. The predicted molar refractivity (Wildman–Crippen MR) is 261 cm³/mol. The quantitative estimate of drug-likeness (QED) is 0.109. The van der Waals surface area contributed by atoms with Crippen molar-refractivity contribution >= 4 is 51.5 Å². The molecule has 0 fully saturated rings. The Kier molecular flexibility index (Phi) is 7.79. The van der Waals surface area contributed by atoms with Crippen LogP contribution in [0.2, 0.25) is 6.55 Å². The van der Waals surface area contributed by atoms with E-state index in [1.54, 1.807) is 0 Å². The van der Waals surface area contributed by atoms with Crippen molar-refractivity contribution < 1.29 is 9.30 Å². The van der Waals surface area contributed by atoms with E-state index in [2.05, 4.69) is 222 Å². The minimum Gasteiger partial charge on any atom is -0.457 e. The fraction of sp³-hybridized carbons (Fsp3) is 0.0702. The van der Waals surface area contributed by atoms with Crippen LogP contribution in [0.3, 0.4) is 0 Å². The molecule has 8 aromatic carbocycles. The van der Waals surface area contributed by atoms with Crippen LogP contribution in [-0.2, 0) is 5.41 Å². The zero-order valence-electron chi connectivity index (χ0n) is 35.7. The summed E-state index contributed by atoms with van der Waals surface area (Å²) < 4.78 is 11.5. The van der Waals surface area contributed by atoms with Gasteiger partial charge in [0.1, 0.15) is 47.3 Å². The van der Waals surface area contributed by atoms with Gasteiger partial charge in [0.2, 0.25) is 0 Å². The van der Waals surface area contributed by atoms with Crippen LogP contribution < -0.4 is 24.9 Å². The largest absolute Gasteiger partial charge is 0.457 e. The van der Waals surface area contributed by atoms with Crippen molar-refractivity contribution in [3.05, 3.63) is 205 Å². The molecule has 0 amide bonds. The number of para-hydroxylation sites is 6. The lowest BCUT2D eigenvalue weighted by Crippen LogP contribution is -2.65. The second-order valence-electron chi connectivity index (χ2n) is 17.8. The van der Waals surface area contributed by atoms with Crippen LogP contribution in [0.5, 0.6) is 11.5 Å². The Bertz CT molecular complexity index is 3710. The summed E-state index contributed by atoms with van der Waals surface area (Å²) in [5.41, 5.74) is 15.2. The molecule has 64 heavy (non-hydrogen) atoms. The summed E-state index contributed by atoms with van der Waals surface area (Å²) in [5.74, 6) is 3.43. The third-order valence-corrected chi connectivity index (χ3v) is 18.5. The van der Waals surface area contributed by atoms with E-state index in [4.69, 9.17) is 14.7 Å². The minimum absolute atomic E-state index is 0.231. The molecule has 1 aliphatic carbocycles. The van der Waals surface area contributed by atoms with E-state index in [9.17, 15) is 0 Å². The first-order valence-electron chi connectivity index (χ1n) is 22.0. The van der Waals surface area contributed by atoms with Crippen molar-refractivity contribution in [2.45, 2.75) is 25.8 Å². The molecule has 7 heteroatoms. The Labute approximate surface area is 371 Å². The standard InChI is InChI=1S/C57H41N5OSi/c1-57(2)45-24-11-16-30-51(45)63-54-46(57)25-17-31-52(54)64(3,36-18-5-4-6-19-36)37-32-33-41-38-20-9-10-23-42(38)53-44(40-22-8-7-21-39(40)43(41)34-37)35-58-55(60-53)62-50-29-15-14-28-49(50)61-48-27-13-12-26-47(48)59-56(61)62/h4-35H,1-3H3/p+1. The van der Waals surface area contributed by atoms with E-state index in [0.29, 0.717) is 5.95 Å². The zero-order valence-corrected chi connectivity index (χ0v) is 36.7. The molecule has 304 valence electrons. The predicted octanol–water partition coefficient (Wildman–Crippen LogP) is 11.2. The highest BCUT2D eigenvalue weighted by Gasteiger charge is 2.43. The van der Waals surface area contributed by atoms with E-state index in [0.717, 1.165) is 72.9 Å². The molecule has 11 aromatic rings. The van der Waals surface area contributed by atoms with Crippen molar-refractivity contribution in [1.29, 1.82) is 0 Å². The molecule has 1 aliphatic heterocycles. The molecule has 1 unspecified atom stereocenters. The Morgan fingerprint density at radius 2 is 1.20 bits per heavy atom. The monoisotopic (exact) mass is 840 g/mol. The average molecular weight is 841 g/mol. The number of imidazole rings is 2. The van der Waals surface area contributed by atoms with Gasteiger partial charge in [0.05, 0.1) is 6.20 Å². The van der Waals surface area contributed by atoms with Gasteiger partial charge in [-0.25, -0.2) is 4.40 Å². The summed E-state index contributed by atoms with van der Waals surface area (Å²) in [5, 5.41) is 3.91.